The molecule has 0 spiro atoms. The third-order valence-corrected chi connectivity index (χ3v) is 7.31. The summed E-state index contributed by atoms with van der Waals surface area (Å²) >= 11 is 1.88. The van der Waals surface area contributed by atoms with E-state index >= 15 is 0 Å². The van der Waals surface area contributed by atoms with E-state index in [0.717, 1.165) is 10.5 Å². The van der Waals surface area contributed by atoms with Gasteiger partial charge in [-0.1, -0.05) is 44.4 Å². The molecule has 15 heteroatoms. The molecule has 0 atom stereocenters. The summed E-state index contributed by atoms with van der Waals surface area (Å²) in [5.41, 5.74) is -8.79. The van der Waals surface area contributed by atoms with E-state index in [1.165, 1.54) is 37.8 Å². The maximum atomic E-state index is 11.4. The topological polar surface area (TPSA) is 86.3 Å². The van der Waals surface area contributed by atoms with Crippen LogP contribution in [0.5, 0.6) is 0 Å². The van der Waals surface area contributed by atoms with E-state index in [1.807, 2.05) is 17.5 Å². The van der Waals surface area contributed by atoms with Gasteiger partial charge in [0.25, 0.3) is 0 Å². The number of alkyl halides is 6. The second kappa shape index (κ2) is 11.4. The lowest BCUT2D eigenvalue weighted by Crippen LogP contribution is -2.30. The molecule has 1 rings (SSSR count). The largest absolute Gasteiger partial charge is 0.480 e. The van der Waals surface area contributed by atoms with Crippen LogP contribution in [0.3, 0.4) is 0 Å². The maximum absolute atomic E-state index is 11.4. The van der Waals surface area contributed by atoms with Gasteiger partial charge in [-0.2, -0.15) is 30.9 Å². The number of hydrogen-bond acceptors (Lipinski definition) is 5. The third-order valence-electron chi connectivity index (χ3n) is 3.51. The zero-order valence-corrected chi connectivity index (χ0v) is 18.6. The van der Waals surface area contributed by atoms with Crippen molar-refractivity contribution < 1.29 is 47.7 Å². The van der Waals surface area contributed by atoms with Crippen molar-refractivity contribution in [2.75, 3.05) is 0 Å². The fourth-order valence-electron chi connectivity index (χ4n) is 2.06. The van der Waals surface area contributed by atoms with E-state index in [1.54, 1.807) is 4.88 Å². The molecule has 1 heterocycles. The molecule has 0 unspecified atom stereocenters. The Morgan fingerprint density at radius 1 is 1.00 bits per heavy atom. The van der Waals surface area contributed by atoms with Crippen LogP contribution in [-0.4, -0.2) is 27.9 Å². The van der Waals surface area contributed by atoms with E-state index < -0.39 is 31.1 Å². The summed E-state index contributed by atoms with van der Waals surface area (Å²) in [6.07, 6.45) is 9.65. The molecule has 1 aromatic rings. The SMILES string of the molecule is C=C[n+]1csc(CCCCCC)c1CC.O=S(=O)([N-]S(=O)(=O)C(F)(F)F)C(F)(F)F. The second-order valence-electron chi connectivity index (χ2n) is 5.76. The molecule has 30 heavy (non-hydrogen) atoms. The Morgan fingerprint density at radius 3 is 1.87 bits per heavy atom. The van der Waals surface area contributed by atoms with Crippen LogP contribution in [0.2, 0.25) is 0 Å². The minimum Gasteiger partial charge on any atom is -0.421 e. The number of halogens is 6. The highest BCUT2D eigenvalue weighted by atomic mass is 32.3. The van der Waals surface area contributed by atoms with Crippen LogP contribution >= 0.6 is 11.3 Å². The van der Waals surface area contributed by atoms with Crippen molar-refractivity contribution in [3.63, 3.8) is 0 Å². The summed E-state index contributed by atoms with van der Waals surface area (Å²) in [5.74, 6) is 0. The number of nitrogens with zero attached hydrogens (tertiary/aromatic N) is 2. The van der Waals surface area contributed by atoms with Crippen molar-refractivity contribution in [2.45, 2.75) is 63.4 Å². The molecule has 0 fully saturated rings. The minimum absolute atomic E-state index is 0.778. The predicted octanol–water partition coefficient (Wildman–Crippen LogP) is 4.88. The molecule has 0 N–H and O–H groups in total. The van der Waals surface area contributed by atoms with Crippen molar-refractivity contribution in [2.24, 2.45) is 0 Å². The Bertz CT molecular complexity index is 848. The van der Waals surface area contributed by atoms with Crippen LogP contribution in [0.25, 0.3) is 10.3 Å². The molecule has 1 aromatic heterocycles. The van der Waals surface area contributed by atoms with Crippen molar-refractivity contribution in [3.05, 3.63) is 26.8 Å². The molecule has 6 nitrogen and oxygen atoms in total. The summed E-state index contributed by atoms with van der Waals surface area (Å²) in [6.45, 7) is 8.31. The monoisotopic (exact) mass is 504 g/mol. The van der Waals surface area contributed by atoms with Crippen LogP contribution < -0.4 is 4.57 Å². The van der Waals surface area contributed by atoms with Crippen molar-refractivity contribution in [1.29, 1.82) is 0 Å². The van der Waals surface area contributed by atoms with E-state index in [4.69, 9.17) is 0 Å². The van der Waals surface area contributed by atoms with Gasteiger partial charge in [0.05, 0.1) is 4.88 Å². The Balaban J connectivity index is 0.000000561. The lowest BCUT2D eigenvalue weighted by Gasteiger charge is -2.22. The van der Waals surface area contributed by atoms with Crippen molar-refractivity contribution in [1.82, 2.24) is 0 Å². The highest BCUT2D eigenvalue weighted by Gasteiger charge is 2.46. The first-order chi connectivity index (χ1) is 13.5. The molecule has 0 saturated heterocycles. The standard InChI is InChI=1S/C13H22NS.C2F6NO4S2/c1-4-7-8-9-10-13-12(5-2)14(6-3)11-15-13;3-1(4,5)14(10,11)9-15(12,13)2(6,7)8/h6,11H,3-5,7-10H2,1-2H3;/q+1;-1. The molecule has 0 aliphatic carbocycles. The van der Waals surface area contributed by atoms with E-state index in [-0.39, 0.29) is 0 Å². The van der Waals surface area contributed by atoms with Crippen molar-refractivity contribution >= 4 is 37.6 Å². The first-order valence-electron chi connectivity index (χ1n) is 8.53. The lowest BCUT2D eigenvalue weighted by molar-refractivity contribution is -0.571. The van der Waals surface area contributed by atoms with Crippen LogP contribution in [0.1, 0.15) is 50.1 Å². The zero-order valence-electron chi connectivity index (χ0n) is 16.1. The minimum atomic E-state index is -6.72. The van der Waals surface area contributed by atoms with Gasteiger partial charge >= 0.3 is 11.0 Å². The number of rotatable bonds is 9. The highest BCUT2D eigenvalue weighted by Crippen LogP contribution is 2.36. The Morgan fingerprint density at radius 2 is 1.50 bits per heavy atom. The summed E-state index contributed by atoms with van der Waals surface area (Å²) in [5, 5.41) is 0. The molecule has 0 radical (unpaired) electrons. The van der Waals surface area contributed by atoms with Crippen LogP contribution in [-0.2, 0) is 32.9 Å². The van der Waals surface area contributed by atoms with Gasteiger partial charge in [0, 0.05) is 6.42 Å². The number of hydrogen-bond donors (Lipinski definition) is 0. The molecular weight excluding hydrogens is 482 g/mol. The van der Waals surface area contributed by atoms with Gasteiger partial charge < -0.3 is 4.13 Å². The Hall–Kier alpha value is -1.19. The molecule has 0 aromatic carbocycles. The second-order valence-corrected chi connectivity index (χ2v) is 10.1. The number of aromatic nitrogens is 1. The van der Waals surface area contributed by atoms with Gasteiger partial charge in [0.1, 0.15) is 0 Å². The normalized spacial score (nSPS) is 12.9. The molecular formula is C15H22F6N2O4S3. The lowest BCUT2D eigenvalue weighted by atomic mass is 10.1. The predicted molar refractivity (Wildman–Crippen MR) is 101 cm³/mol. The number of thiazole rings is 1. The smallest absolute Gasteiger partial charge is 0.421 e. The highest BCUT2D eigenvalue weighted by molar-refractivity contribution is 8.13. The van der Waals surface area contributed by atoms with E-state index in [2.05, 4.69) is 30.5 Å². The summed E-state index contributed by atoms with van der Waals surface area (Å²) in [7, 11) is -13.4. The molecule has 0 saturated carbocycles. The van der Waals surface area contributed by atoms with Crippen LogP contribution in [0, 0.1) is 0 Å². The van der Waals surface area contributed by atoms with Gasteiger partial charge in [0.2, 0.25) is 11.2 Å². The molecule has 176 valence electrons. The zero-order chi connectivity index (χ0) is 23.8. The quantitative estimate of drug-likeness (QED) is 0.273. The fraction of sp³-hybridized carbons (Fsp3) is 0.667. The fourth-order valence-corrected chi connectivity index (χ4v) is 4.87. The maximum Gasteiger partial charge on any atom is 0.480 e. The number of sulfonamides is 2. The van der Waals surface area contributed by atoms with Gasteiger partial charge in [-0.3, -0.25) is 0 Å². The van der Waals surface area contributed by atoms with Crippen LogP contribution in [0.15, 0.2) is 12.1 Å². The number of unbranched alkanes of at least 4 members (excludes halogenated alkanes) is 3. The summed E-state index contributed by atoms with van der Waals surface area (Å²) < 4.78 is 111. The van der Waals surface area contributed by atoms with E-state index in [9.17, 15) is 43.2 Å². The first-order valence-corrected chi connectivity index (χ1v) is 12.3. The Labute approximate surface area is 175 Å². The summed E-state index contributed by atoms with van der Waals surface area (Å²) in [4.78, 5) is 1.55. The molecule has 0 aliphatic heterocycles. The first kappa shape index (κ1) is 28.8. The Kier molecular flexibility index (Phi) is 11.0. The molecule has 0 aliphatic rings. The van der Waals surface area contributed by atoms with Crippen LogP contribution in [0.4, 0.5) is 26.3 Å². The average molecular weight is 505 g/mol. The molecule has 0 bridgehead atoms. The van der Waals surface area contributed by atoms with Crippen molar-refractivity contribution in [3.8, 4) is 0 Å². The van der Waals surface area contributed by atoms with E-state index in [0.29, 0.717) is 0 Å². The summed E-state index contributed by atoms with van der Waals surface area (Å²) in [6, 6.07) is 0. The number of aryl methyl sites for hydroxylation is 1. The average Bonchev–Trinajstić information content (AvgIpc) is 2.98. The van der Waals surface area contributed by atoms with Gasteiger partial charge in [-0.05, 0) is 19.4 Å². The van der Waals surface area contributed by atoms with Gasteiger partial charge in [-0.25, -0.2) is 16.8 Å². The van der Waals surface area contributed by atoms with Gasteiger partial charge in [-0.15, -0.1) is 0 Å². The van der Waals surface area contributed by atoms with Gasteiger partial charge in [0.15, 0.2) is 26.2 Å². The third kappa shape index (κ3) is 8.51. The molecule has 0 amide bonds.